The van der Waals surface area contributed by atoms with Gasteiger partial charge in [0.1, 0.15) is 0 Å². The van der Waals surface area contributed by atoms with Crippen LogP contribution < -0.4 is 5.32 Å². The highest BCUT2D eigenvalue weighted by Crippen LogP contribution is 2.37. The van der Waals surface area contributed by atoms with Crippen molar-refractivity contribution in [3.63, 3.8) is 0 Å². The molecule has 96 valence electrons. The minimum Gasteiger partial charge on any atom is -0.344 e. The monoisotopic (exact) mass is 242 g/mol. The van der Waals surface area contributed by atoms with Gasteiger partial charge in [0.25, 0.3) is 0 Å². The predicted octanol–water partition coefficient (Wildman–Crippen LogP) is 3.35. The van der Waals surface area contributed by atoms with Crippen molar-refractivity contribution < 1.29 is 0 Å². The molecule has 0 aliphatic carbocycles. The van der Waals surface area contributed by atoms with Crippen molar-refractivity contribution >= 4 is 10.9 Å². The van der Waals surface area contributed by atoms with E-state index in [0.717, 1.165) is 0 Å². The van der Waals surface area contributed by atoms with E-state index in [-0.39, 0.29) is 5.54 Å². The molecule has 1 aliphatic rings. The molecule has 3 rings (SSSR count). The molecule has 1 aromatic heterocycles. The van der Waals surface area contributed by atoms with Gasteiger partial charge in [-0.1, -0.05) is 18.2 Å². The lowest BCUT2D eigenvalue weighted by atomic mass is 9.91. The standard InChI is InChI=1S/C16H22N2/c1-11-14(16(2,3)17-4)13-9-5-7-12-8-6-10-18(11)15(12)13/h5,7,9,17H,6,8,10H2,1-4H3. The number of aromatic nitrogens is 1. The highest BCUT2D eigenvalue weighted by Gasteiger charge is 2.28. The van der Waals surface area contributed by atoms with E-state index in [0.29, 0.717) is 0 Å². The van der Waals surface area contributed by atoms with Gasteiger partial charge in [-0.3, -0.25) is 0 Å². The molecule has 18 heavy (non-hydrogen) atoms. The molecule has 0 radical (unpaired) electrons. The molecule has 2 heteroatoms. The van der Waals surface area contributed by atoms with E-state index in [1.54, 1.807) is 0 Å². The van der Waals surface area contributed by atoms with Crippen LogP contribution in [0.4, 0.5) is 0 Å². The van der Waals surface area contributed by atoms with E-state index in [4.69, 9.17) is 0 Å². The first kappa shape index (κ1) is 11.8. The van der Waals surface area contributed by atoms with Crippen LogP contribution in [0.15, 0.2) is 18.2 Å². The molecule has 1 N–H and O–H groups in total. The number of para-hydroxylation sites is 1. The van der Waals surface area contributed by atoms with Crippen molar-refractivity contribution in [3.8, 4) is 0 Å². The van der Waals surface area contributed by atoms with Crippen LogP contribution in [-0.2, 0) is 18.5 Å². The fourth-order valence-electron chi connectivity index (χ4n) is 3.43. The highest BCUT2D eigenvalue weighted by molar-refractivity contribution is 5.89. The first-order valence-corrected chi connectivity index (χ1v) is 6.86. The Labute approximate surface area is 109 Å². The summed E-state index contributed by atoms with van der Waals surface area (Å²) in [6, 6.07) is 6.78. The van der Waals surface area contributed by atoms with E-state index in [1.165, 1.54) is 47.1 Å². The van der Waals surface area contributed by atoms with Crippen LogP contribution in [0.2, 0.25) is 0 Å². The predicted molar refractivity (Wildman–Crippen MR) is 77.1 cm³/mol. The molecular weight excluding hydrogens is 220 g/mol. The average molecular weight is 242 g/mol. The van der Waals surface area contributed by atoms with Crippen LogP contribution in [0.5, 0.6) is 0 Å². The summed E-state index contributed by atoms with van der Waals surface area (Å²) in [4.78, 5) is 0. The number of hydrogen-bond donors (Lipinski definition) is 1. The summed E-state index contributed by atoms with van der Waals surface area (Å²) in [6.07, 6.45) is 2.49. The summed E-state index contributed by atoms with van der Waals surface area (Å²) < 4.78 is 2.52. The van der Waals surface area contributed by atoms with E-state index < -0.39 is 0 Å². The Kier molecular flexibility index (Phi) is 2.53. The van der Waals surface area contributed by atoms with E-state index in [9.17, 15) is 0 Å². The summed E-state index contributed by atoms with van der Waals surface area (Å²) in [5.41, 5.74) is 5.90. The maximum absolute atomic E-state index is 3.45. The minimum absolute atomic E-state index is 0.0244. The van der Waals surface area contributed by atoms with E-state index in [1.807, 2.05) is 7.05 Å². The Morgan fingerprint density at radius 1 is 1.28 bits per heavy atom. The van der Waals surface area contributed by atoms with Crippen LogP contribution in [0.25, 0.3) is 10.9 Å². The van der Waals surface area contributed by atoms with E-state index in [2.05, 4.69) is 48.9 Å². The first-order chi connectivity index (χ1) is 8.56. The second-order valence-electron chi connectivity index (χ2n) is 5.90. The fraction of sp³-hybridized carbons (Fsp3) is 0.500. The lowest BCUT2D eigenvalue weighted by Crippen LogP contribution is -2.33. The molecule has 1 aromatic carbocycles. The van der Waals surface area contributed by atoms with Gasteiger partial charge in [0.05, 0.1) is 5.52 Å². The van der Waals surface area contributed by atoms with Gasteiger partial charge in [-0.05, 0) is 46.2 Å². The Hall–Kier alpha value is -1.28. The molecule has 0 fully saturated rings. The lowest BCUT2D eigenvalue weighted by molar-refractivity contribution is 0.443. The van der Waals surface area contributed by atoms with Crippen LogP contribution >= 0.6 is 0 Å². The van der Waals surface area contributed by atoms with Crippen molar-refractivity contribution in [2.45, 2.75) is 45.7 Å². The van der Waals surface area contributed by atoms with Crippen molar-refractivity contribution in [1.29, 1.82) is 0 Å². The molecule has 1 aliphatic heterocycles. The average Bonchev–Trinajstić information content (AvgIpc) is 2.66. The molecule has 0 spiro atoms. The Morgan fingerprint density at radius 2 is 2.06 bits per heavy atom. The molecule has 0 atom stereocenters. The van der Waals surface area contributed by atoms with Crippen molar-refractivity contribution in [1.82, 2.24) is 9.88 Å². The molecule has 2 nitrogen and oxygen atoms in total. The normalized spacial score (nSPS) is 15.3. The summed E-state index contributed by atoms with van der Waals surface area (Å²) in [5, 5.41) is 4.89. The zero-order valence-electron chi connectivity index (χ0n) is 11.8. The zero-order valence-corrected chi connectivity index (χ0v) is 11.8. The van der Waals surface area contributed by atoms with Crippen LogP contribution in [0, 0.1) is 6.92 Å². The van der Waals surface area contributed by atoms with Gasteiger partial charge in [-0.25, -0.2) is 0 Å². The molecule has 2 aromatic rings. The van der Waals surface area contributed by atoms with Gasteiger partial charge in [-0.15, -0.1) is 0 Å². The zero-order chi connectivity index (χ0) is 12.9. The van der Waals surface area contributed by atoms with Gasteiger partial charge in [0.15, 0.2) is 0 Å². The Balaban J connectivity index is 2.41. The highest BCUT2D eigenvalue weighted by atomic mass is 15.0. The van der Waals surface area contributed by atoms with Gasteiger partial charge >= 0.3 is 0 Å². The summed E-state index contributed by atoms with van der Waals surface area (Å²) >= 11 is 0. The third kappa shape index (κ3) is 1.45. The summed E-state index contributed by atoms with van der Waals surface area (Å²) in [7, 11) is 2.05. The second kappa shape index (κ2) is 3.86. The molecular formula is C16H22N2. The van der Waals surface area contributed by atoms with Crippen molar-refractivity contribution in [2.75, 3.05) is 7.05 Å². The largest absolute Gasteiger partial charge is 0.344 e. The first-order valence-electron chi connectivity index (χ1n) is 6.86. The smallest absolute Gasteiger partial charge is 0.0518 e. The Bertz CT molecular complexity index is 605. The summed E-state index contributed by atoms with van der Waals surface area (Å²) in [6.45, 7) is 7.97. The van der Waals surface area contributed by atoms with Gasteiger partial charge in [0.2, 0.25) is 0 Å². The third-order valence-corrected chi connectivity index (χ3v) is 4.50. The van der Waals surface area contributed by atoms with Crippen molar-refractivity contribution in [3.05, 3.63) is 35.0 Å². The number of aryl methyl sites for hydroxylation is 2. The number of nitrogens with one attached hydrogen (secondary N) is 1. The molecule has 0 bridgehead atoms. The maximum atomic E-state index is 3.45. The van der Waals surface area contributed by atoms with Crippen LogP contribution in [0.3, 0.4) is 0 Å². The quantitative estimate of drug-likeness (QED) is 0.854. The third-order valence-electron chi connectivity index (χ3n) is 4.50. The molecule has 0 saturated heterocycles. The van der Waals surface area contributed by atoms with E-state index >= 15 is 0 Å². The number of benzene rings is 1. The van der Waals surface area contributed by atoms with Crippen LogP contribution in [-0.4, -0.2) is 11.6 Å². The van der Waals surface area contributed by atoms with Gasteiger partial charge in [0, 0.05) is 28.7 Å². The SMILES string of the molecule is CNC(C)(C)c1c(C)n2c3c(cccc13)CCC2. The molecule has 0 amide bonds. The molecule has 2 heterocycles. The van der Waals surface area contributed by atoms with Crippen molar-refractivity contribution in [2.24, 2.45) is 0 Å². The molecule has 0 unspecified atom stereocenters. The fourth-order valence-corrected chi connectivity index (χ4v) is 3.43. The number of nitrogens with zero attached hydrogens (tertiary/aromatic N) is 1. The minimum atomic E-state index is 0.0244. The topological polar surface area (TPSA) is 17.0 Å². The second-order valence-corrected chi connectivity index (χ2v) is 5.90. The summed E-state index contributed by atoms with van der Waals surface area (Å²) in [5.74, 6) is 0. The number of rotatable bonds is 2. The Morgan fingerprint density at radius 3 is 2.78 bits per heavy atom. The number of hydrogen-bond acceptors (Lipinski definition) is 1. The maximum Gasteiger partial charge on any atom is 0.0518 e. The lowest BCUT2D eigenvalue weighted by Gasteiger charge is -2.25. The van der Waals surface area contributed by atoms with Gasteiger partial charge in [-0.2, -0.15) is 0 Å². The van der Waals surface area contributed by atoms with Gasteiger partial charge < -0.3 is 9.88 Å². The van der Waals surface area contributed by atoms with Crippen LogP contribution in [0.1, 0.15) is 37.1 Å². The molecule has 0 saturated carbocycles.